The van der Waals surface area contributed by atoms with Crippen molar-refractivity contribution in [3.8, 4) is 0 Å². The molecule has 0 aromatic carbocycles. The highest BCUT2D eigenvalue weighted by Gasteiger charge is 2.32. The van der Waals surface area contributed by atoms with Gasteiger partial charge in [0, 0.05) is 6.54 Å². The molecule has 2 atom stereocenters. The third-order valence-corrected chi connectivity index (χ3v) is 2.20. The first-order valence-corrected chi connectivity index (χ1v) is 5.30. The first-order chi connectivity index (χ1) is 7.35. The molecule has 0 aromatic rings. The van der Waals surface area contributed by atoms with E-state index in [4.69, 9.17) is 9.84 Å². The number of aliphatic hydroxyl groups excluding tert-OH is 2. The predicted molar refractivity (Wildman–Crippen MR) is 59.0 cm³/mol. The van der Waals surface area contributed by atoms with Crippen molar-refractivity contribution in [3.63, 3.8) is 0 Å². The molecule has 0 saturated heterocycles. The summed E-state index contributed by atoms with van der Waals surface area (Å²) in [6, 6.07) is -0.500. The number of ether oxygens (including phenoxy) is 1. The summed E-state index contributed by atoms with van der Waals surface area (Å²) in [6.07, 6.45) is 2.03. The van der Waals surface area contributed by atoms with Gasteiger partial charge in [0.15, 0.2) is 0 Å². The van der Waals surface area contributed by atoms with Crippen LogP contribution in [0.5, 0.6) is 0 Å². The van der Waals surface area contributed by atoms with Gasteiger partial charge in [0.05, 0.1) is 12.6 Å². The quantitative estimate of drug-likeness (QED) is 0.677. The molecule has 92 valence electrons. The summed E-state index contributed by atoms with van der Waals surface area (Å²) in [5, 5.41) is 18.4. The Morgan fingerprint density at radius 2 is 2.25 bits per heavy atom. The number of nitrogens with zero attached hydrogens (tertiary/aromatic N) is 1. The van der Waals surface area contributed by atoms with Crippen LogP contribution in [-0.4, -0.2) is 52.1 Å². The van der Waals surface area contributed by atoms with E-state index < -0.39 is 23.8 Å². The Kier molecular flexibility index (Phi) is 3.93. The van der Waals surface area contributed by atoms with E-state index in [1.165, 1.54) is 4.90 Å². The molecule has 1 aliphatic heterocycles. The van der Waals surface area contributed by atoms with Crippen molar-refractivity contribution in [1.29, 1.82) is 0 Å². The Morgan fingerprint density at radius 1 is 1.62 bits per heavy atom. The van der Waals surface area contributed by atoms with Gasteiger partial charge >= 0.3 is 6.09 Å². The standard InChI is InChI=1S/C11H19NO4/c1-11(2,3)16-10(15)12-6-4-5-8(12)9(14)7-13/h4-5,8-9,13-14H,6-7H2,1-3H3/t8?,9-/m1/s1. The molecule has 1 unspecified atom stereocenters. The molecule has 1 heterocycles. The van der Waals surface area contributed by atoms with Crippen molar-refractivity contribution >= 4 is 6.09 Å². The zero-order valence-corrected chi connectivity index (χ0v) is 9.88. The van der Waals surface area contributed by atoms with Crippen LogP contribution in [-0.2, 0) is 4.74 Å². The van der Waals surface area contributed by atoms with Gasteiger partial charge in [0.1, 0.15) is 11.7 Å². The number of carbonyl (C=O) groups excluding carboxylic acids is 1. The SMILES string of the molecule is CC(C)(C)OC(=O)N1CC=CC1[C@H](O)CO. The summed E-state index contributed by atoms with van der Waals surface area (Å²) in [7, 11) is 0. The number of rotatable bonds is 2. The van der Waals surface area contributed by atoms with Crippen molar-refractivity contribution in [2.45, 2.75) is 38.5 Å². The van der Waals surface area contributed by atoms with E-state index in [2.05, 4.69) is 0 Å². The largest absolute Gasteiger partial charge is 0.444 e. The summed E-state index contributed by atoms with van der Waals surface area (Å²) in [5.74, 6) is 0. The molecular formula is C11H19NO4. The lowest BCUT2D eigenvalue weighted by atomic mass is 10.1. The van der Waals surface area contributed by atoms with Gasteiger partial charge < -0.3 is 14.9 Å². The molecule has 0 aromatic heterocycles. The molecule has 1 amide bonds. The lowest BCUT2D eigenvalue weighted by molar-refractivity contribution is -0.000662. The average Bonchev–Trinajstić information content (AvgIpc) is 2.62. The van der Waals surface area contributed by atoms with Gasteiger partial charge in [-0.15, -0.1) is 0 Å². The van der Waals surface area contributed by atoms with Crippen LogP contribution in [0.15, 0.2) is 12.2 Å². The maximum atomic E-state index is 11.8. The van der Waals surface area contributed by atoms with Crippen molar-refractivity contribution in [2.24, 2.45) is 0 Å². The first kappa shape index (κ1) is 13.0. The van der Waals surface area contributed by atoms with E-state index in [1.807, 2.05) is 0 Å². The van der Waals surface area contributed by atoms with Crippen LogP contribution in [0.2, 0.25) is 0 Å². The van der Waals surface area contributed by atoms with Crippen LogP contribution < -0.4 is 0 Å². The number of hydrogen-bond acceptors (Lipinski definition) is 4. The molecule has 0 aliphatic carbocycles. The van der Waals surface area contributed by atoms with E-state index in [1.54, 1.807) is 32.9 Å². The maximum Gasteiger partial charge on any atom is 0.411 e. The van der Waals surface area contributed by atoms with Gasteiger partial charge in [0.25, 0.3) is 0 Å². The molecular weight excluding hydrogens is 210 g/mol. The van der Waals surface area contributed by atoms with Gasteiger partial charge in [0.2, 0.25) is 0 Å². The van der Waals surface area contributed by atoms with Gasteiger partial charge in [-0.2, -0.15) is 0 Å². The van der Waals surface area contributed by atoms with Crippen molar-refractivity contribution < 1.29 is 19.7 Å². The van der Waals surface area contributed by atoms with E-state index in [0.29, 0.717) is 6.54 Å². The summed E-state index contributed by atoms with van der Waals surface area (Å²) >= 11 is 0. The van der Waals surface area contributed by atoms with E-state index in [9.17, 15) is 9.90 Å². The summed E-state index contributed by atoms with van der Waals surface area (Å²) in [5.41, 5.74) is -0.561. The lowest BCUT2D eigenvalue weighted by Gasteiger charge is -2.30. The zero-order chi connectivity index (χ0) is 12.3. The second-order valence-electron chi connectivity index (χ2n) is 4.80. The molecule has 0 bridgehead atoms. The van der Waals surface area contributed by atoms with Crippen LogP contribution in [0.25, 0.3) is 0 Å². The monoisotopic (exact) mass is 229 g/mol. The molecule has 2 N–H and O–H groups in total. The van der Waals surface area contributed by atoms with Gasteiger partial charge in [-0.3, -0.25) is 4.90 Å². The molecule has 0 saturated carbocycles. The minimum Gasteiger partial charge on any atom is -0.444 e. The fourth-order valence-corrected chi connectivity index (χ4v) is 1.50. The number of hydrogen-bond donors (Lipinski definition) is 2. The molecule has 1 aliphatic rings. The van der Waals surface area contributed by atoms with Crippen molar-refractivity contribution in [2.75, 3.05) is 13.2 Å². The summed E-state index contributed by atoms with van der Waals surface area (Å²) in [4.78, 5) is 13.2. The minimum atomic E-state index is -0.966. The zero-order valence-electron chi connectivity index (χ0n) is 9.88. The van der Waals surface area contributed by atoms with Crippen LogP contribution in [0, 0.1) is 0 Å². The highest BCUT2D eigenvalue weighted by atomic mass is 16.6. The van der Waals surface area contributed by atoms with Crippen LogP contribution in [0.3, 0.4) is 0 Å². The van der Waals surface area contributed by atoms with Crippen molar-refractivity contribution in [3.05, 3.63) is 12.2 Å². The highest BCUT2D eigenvalue weighted by Crippen LogP contribution is 2.18. The molecule has 0 spiro atoms. The highest BCUT2D eigenvalue weighted by molar-refractivity contribution is 5.70. The summed E-state index contributed by atoms with van der Waals surface area (Å²) in [6.45, 7) is 5.37. The van der Waals surface area contributed by atoms with Gasteiger partial charge in [-0.25, -0.2) is 4.79 Å². The maximum absolute atomic E-state index is 11.8. The van der Waals surface area contributed by atoms with Crippen LogP contribution in [0.1, 0.15) is 20.8 Å². The Labute approximate surface area is 95.3 Å². The van der Waals surface area contributed by atoms with Crippen LogP contribution in [0.4, 0.5) is 4.79 Å². The number of aliphatic hydroxyl groups is 2. The topological polar surface area (TPSA) is 70.0 Å². The fourth-order valence-electron chi connectivity index (χ4n) is 1.50. The Balaban J connectivity index is 2.63. The summed E-state index contributed by atoms with van der Waals surface area (Å²) < 4.78 is 5.20. The average molecular weight is 229 g/mol. The minimum absolute atomic E-state index is 0.381. The predicted octanol–water partition coefficient (Wildman–Crippen LogP) is 0.515. The first-order valence-electron chi connectivity index (χ1n) is 5.30. The second kappa shape index (κ2) is 4.84. The molecule has 5 heteroatoms. The molecule has 16 heavy (non-hydrogen) atoms. The molecule has 0 fully saturated rings. The third-order valence-electron chi connectivity index (χ3n) is 2.20. The normalized spacial score (nSPS) is 22.3. The Morgan fingerprint density at radius 3 is 2.75 bits per heavy atom. The lowest BCUT2D eigenvalue weighted by Crippen LogP contribution is -2.46. The van der Waals surface area contributed by atoms with E-state index >= 15 is 0 Å². The van der Waals surface area contributed by atoms with Crippen molar-refractivity contribution in [1.82, 2.24) is 4.90 Å². The van der Waals surface area contributed by atoms with E-state index in [-0.39, 0.29) is 6.61 Å². The molecule has 0 radical (unpaired) electrons. The number of amides is 1. The molecule has 1 rings (SSSR count). The van der Waals surface area contributed by atoms with Gasteiger partial charge in [-0.05, 0) is 20.8 Å². The second-order valence-corrected chi connectivity index (χ2v) is 4.80. The number of carbonyl (C=O) groups is 1. The Hall–Kier alpha value is -1.07. The smallest absolute Gasteiger partial charge is 0.411 e. The Bertz CT molecular complexity index is 282. The van der Waals surface area contributed by atoms with Crippen LogP contribution >= 0.6 is 0 Å². The molecule has 5 nitrogen and oxygen atoms in total. The third kappa shape index (κ3) is 3.21. The van der Waals surface area contributed by atoms with E-state index in [0.717, 1.165) is 0 Å². The fraction of sp³-hybridized carbons (Fsp3) is 0.727. The van der Waals surface area contributed by atoms with Gasteiger partial charge in [-0.1, -0.05) is 12.2 Å².